The van der Waals surface area contributed by atoms with Gasteiger partial charge >= 0.3 is 0 Å². The van der Waals surface area contributed by atoms with Gasteiger partial charge < -0.3 is 11.1 Å². The molecule has 29 heavy (non-hydrogen) atoms. The molecule has 2 heterocycles. The fraction of sp³-hybridized carbons (Fsp3) is 0.0556. The SMILES string of the molecule is CS(=O)(=O)c1cccc(Nc2ncc(-c3n[nH]c4ccc(F)cc34)c(N)n2)c1F. The van der Waals surface area contributed by atoms with Gasteiger partial charge in [0.2, 0.25) is 5.95 Å². The molecule has 148 valence electrons. The topological polar surface area (TPSA) is 127 Å². The van der Waals surface area contributed by atoms with Gasteiger partial charge in [-0.15, -0.1) is 0 Å². The number of nitrogen functional groups attached to an aromatic ring is 1. The number of aromatic nitrogens is 4. The van der Waals surface area contributed by atoms with Crippen molar-refractivity contribution in [2.45, 2.75) is 4.90 Å². The monoisotopic (exact) mass is 416 g/mol. The average molecular weight is 416 g/mol. The van der Waals surface area contributed by atoms with Crippen LogP contribution < -0.4 is 11.1 Å². The number of fused-ring (bicyclic) bond motifs is 1. The van der Waals surface area contributed by atoms with Gasteiger partial charge in [0, 0.05) is 17.8 Å². The maximum atomic E-state index is 14.5. The van der Waals surface area contributed by atoms with Crippen LogP contribution in [-0.4, -0.2) is 34.8 Å². The lowest BCUT2D eigenvalue weighted by Crippen LogP contribution is -2.06. The van der Waals surface area contributed by atoms with E-state index in [0.29, 0.717) is 22.2 Å². The number of rotatable bonds is 4. The standard InChI is InChI=1S/C18H14F2N6O2S/c1-29(27,28)14-4-2-3-13(15(14)20)23-18-22-8-11(17(21)24-18)16-10-7-9(19)5-6-12(10)25-26-16/h2-8H,1H3,(H,25,26)(H3,21,22,23,24). The molecule has 0 amide bonds. The molecule has 0 atom stereocenters. The van der Waals surface area contributed by atoms with Gasteiger partial charge in [0.25, 0.3) is 0 Å². The molecular weight excluding hydrogens is 402 g/mol. The summed E-state index contributed by atoms with van der Waals surface area (Å²) in [6.07, 6.45) is 2.28. The van der Waals surface area contributed by atoms with Gasteiger partial charge in [0.15, 0.2) is 15.7 Å². The van der Waals surface area contributed by atoms with Crippen molar-refractivity contribution in [2.75, 3.05) is 17.3 Å². The van der Waals surface area contributed by atoms with Gasteiger partial charge in [0.05, 0.1) is 16.8 Å². The van der Waals surface area contributed by atoms with Crippen LogP contribution in [0.1, 0.15) is 0 Å². The number of hydrogen-bond donors (Lipinski definition) is 3. The van der Waals surface area contributed by atoms with Crippen LogP contribution in [0.2, 0.25) is 0 Å². The second-order valence-electron chi connectivity index (χ2n) is 6.27. The summed E-state index contributed by atoms with van der Waals surface area (Å²) in [7, 11) is -3.74. The molecule has 8 nitrogen and oxygen atoms in total. The first-order valence-electron chi connectivity index (χ1n) is 8.26. The fourth-order valence-electron chi connectivity index (χ4n) is 2.84. The maximum absolute atomic E-state index is 14.5. The molecule has 0 saturated carbocycles. The predicted molar refractivity (Wildman–Crippen MR) is 104 cm³/mol. The number of nitrogens with zero attached hydrogens (tertiary/aromatic N) is 3. The fourth-order valence-corrected chi connectivity index (χ4v) is 3.60. The molecule has 0 aliphatic heterocycles. The highest BCUT2D eigenvalue weighted by molar-refractivity contribution is 7.90. The molecule has 0 spiro atoms. The van der Waals surface area contributed by atoms with Crippen LogP contribution in [-0.2, 0) is 9.84 Å². The lowest BCUT2D eigenvalue weighted by molar-refractivity contribution is 0.573. The Bertz CT molecular complexity index is 1350. The third kappa shape index (κ3) is 3.47. The van der Waals surface area contributed by atoms with Crippen LogP contribution in [0, 0.1) is 11.6 Å². The van der Waals surface area contributed by atoms with E-state index in [0.717, 1.165) is 12.3 Å². The quantitative estimate of drug-likeness (QED) is 0.467. The number of benzene rings is 2. The van der Waals surface area contributed by atoms with E-state index in [2.05, 4.69) is 25.5 Å². The molecular formula is C18H14F2N6O2S. The van der Waals surface area contributed by atoms with Crippen molar-refractivity contribution in [2.24, 2.45) is 0 Å². The van der Waals surface area contributed by atoms with E-state index in [9.17, 15) is 17.2 Å². The van der Waals surface area contributed by atoms with E-state index in [1.807, 2.05) is 0 Å². The third-order valence-corrected chi connectivity index (χ3v) is 5.32. The number of aromatic amines is 1. The predicted octanol–water partition coefficient (Wildman–Crippen LogP) is 3.03. The van der Waals surface area contributed by atoms with Gasteiger partial charge in [-0.25, -0.2) is 22.2 Å². The molecule has 4 rings (SSSR count). The minimum atomic E-state index is -3.74. The van der Waals surface area contributed by atoms with Gasteiger partial charge in [-0.05, 0) is 30.3 Å². The number of anilines is 3. The Morgan fingerprint density at radius 3 is 2.69 bits per heavy atom. The van der Waals surface area contributed by atoms with Crippen LogP contribution in [0.4, 0.5) is 26.2 Å². The minimum Gasteiger partial charge on any atom is -0.383 e. The zero-order valence-electron chi connectivity index (χ0n) is 14.9. The Balaban J connectivity index is 1.71. The third-order valence-electron chi connectivity index (χ3n) is 4.21. The largest absolute Gasteiger partial charge is 0.383 e. The van der Waals surface area contributed by atoms with Gasteiger partial charge in [-0.1, -0.05) is 6.07 Å². The normalized spacial score (nSPS) is 11.7. The van der Waals surface area contributed by atoms with Crippen molar-refractivity contribution in [3.63, 3.8) is 0 Å². The second kappa shape index (κ2) is 6.78. The van der Waals surface area contributed by atoms with Crippen molar-refractivity contribution >= 4 is 38.2 Å². The van der Waals surface area contributed by atoms with Crippen molar-refractivity contribution in [1.29, 1.82) is 0 Å². The molecule has 0 unspecified atom stereocenters. The van der Waals surface area contributed by atoms with E-state index in [-0.39, 0.29) is 17.5 Å². The number of nitrogens with one attached hydrogen (secondary N) is 2. The van der Waals surface area contributed by atoms with Crippen molar-refractivity contribution < 1.29 is 17.2 Å². The smallest absolute Gasteiger partial charge is 0.229 e. The summed E-state index contributed by atoms with van der Waals surface area (Å²) < 4.78 is 51.4. The van der Waals surface area contributed by atoms with Crippen LogP contribution >= 0.6 is 0 Å². The van der Waals surface area contributed by atoms with Crippen molar-refractivity contribution in [3.8, 4) is 11.3 Å². The molecule has 0 aliphatic carbocycles. The first kappa shape index (κ1) is 18.7. The number of halogens is 2. The molecule has 0 aliphatic rings. The molecule has 0 radical (unpaired) electrons. The van der Waals surface area contributed by atoms with E-state index in [1.54, 1.807) is 6.07 Å². The highest BCUT2D eigenvalue weighted by Gasteiger charge is 2.18. The van der Waals surface area contributed by atoms with Crippen LogP contribution in [0.25, 0.3) is 22.2 Å². The number of sulfone groups is 1. The molecule has 11 heteroatoms. The van der Waals surface area contributed by atoms with E-state index in [4.69, 9.17) is 5.73 Å². The summed E-state index contributed by atoms with van der Waals surface area (Å²) in [5, 5.41) is 10.0. The summed E-state index contributed by atoms with van der Waals surface area (Å²) >= 11 is 0. The van der Waals surface area contributed by atoms with Gasteiger partial charge in [-0.3, -0.25) is 5.10 Å². The Morgan fingerprint density at radius 2 is 1.97 bits per heavy atom. The van der Waals surface area contributed by atoms with Crippen molar-refractivity contribution in [3.05, 3.63) is 54.2 Å². The highest BCUT2D eigenvalue weighted by Crippen LogP contribution is 2.31. The summed E-state index contributed by atoms with van der Waals surface area (Å²) in [6, 6.07) is 8.06. The number of nitrogens with two attached hydrogens (primary N) is 1. The second-order valence-corrected chi connectivity index (χ2v) is 8.25. The van der Waals surface area contributed by atoms with Crippen LogP contribution in [0.5, 0.6) is 0 Å². The minimum absolute atomic E-state index is 0.0276. The number of H-pyrrole nitrogens is 1. The zero-order valence-corrected chi connectivity index (χ0v) is 15.8. The molecule has 0 fully saturated rings. The Kier molecular flexibility index (Phi) is 4.38. The Hall–Kier alpha value is -3.60. The molecule has 2 aromatic heterocycles. The maximum Gasteiger partial charge on any atom is 0.229 e. The van der Waals surface area contributed by atoms with Crippen LogP contribution in [0.15, 0.2) is 47.5 Å². The molecule has 4 aromatic rings. The van der Waals surface area contributed by atoms with Gasteiger partial charge in [0.1, 0.15) is 22.2 Å². The first-order valence-corrected chi connectivity index (χ1v) is 10.2. The van der Waals surface area contributed by atoms with Crippen molar-refractivity contribution in [1.82, 2.24) is 20.2 Å². The van der Waals surface area contributed by atoms with E-state index >= 15 is 0 Å². The highest BCUT2D eigenvalue weighted by atomic mass is 32.2. The molecule has 2 aromatic carbocycles. The Labute approximate surface area is 163 Å². The molecule has 4 N–H and O–H groups in total. The summed E-state index contributed by atoms with van der Waals surface area (Å²) in [5.41, 5.74) is 7.23. The van der Waals surface area contributed by atoms with E-state index in [1.165, 1.54) is 30.5 Å². The summed E-state index contributed by atoms with van der Waals surface area (Å²) in [5.74, 6) is -1.39. The zero-order chi connectivity index (χ0) is 20.8. The summed E-state index contributed by atoms with van der Waals surface area (Å²) in [6.45, 7) is 0. The lowest BCUT2D eigenvalue weighted by atomic mass is 10.1. The molecule has 0 saturated heterocycles. The first-order chi connectivity index (χ1) is 13.7. The molecule has 0 bridgehead atoms. The lowest BCUT2D eigenvalue weighted by Gasteiger charge is -2.10. The number of hydrogen-bond acceptors (Lipinski definition) is 7. The average Bonchev–Trinajstić information content (AvgIpc) is 3.05. The van der Waals surface area contributed by atoms with E-state index < -0.39 is 26.4 Å². The Morgan fingerprint density at radius 1 is 1.17 bits per heavy atom. The van der Waals surface area contributed by atoms with Gasteiger partial charge in [-0.2, -0.15) is 10.1 Å². The summed E-state index contributed by atoms with van der Waals surface area (Å²) in [4.78, 5) is 7.72. The van der Waals surface area contributed by atoms with Crippen LogP contribution in [0.3, 0.4) is 0 Å².